The van der Waals surface area contributed by atoms with Crippen molar-refractivity contribution in [3.05, 3.63) is 52.8 Å². The standard InChI is InChI=1S/C16H12ClFN2O4/c17-11-6-10(2-3-12(11)18)20-15(21)7-19-16(22)9-1-4-13-14(5-9)24-8-23-13/h1-6H,7-8H2,(H,19,22)(H,20,21). The number of hydrogen-bond donors (Lipinski definition) is 2. The fourth-order valence-electron chi connectivity index (χ4n) is 2.08. The highest BCUT2D eigenvalue weighted by molar-refractivity contribution is 6.31. The average Bonchev–Trinajstić information content (AvgIpc) is 3.03. The number of nitrogens with one attached hydrogen (secondary N) is 2. The first-order chi connectivity index (χ1) is 11.5. The van der Waals surface area contributed by atoms with Gasteiger partial charge in [0.2, 0.25) is 12.7 Å². The Morgan fingerprint density at radius 3 is 2.71 bits per heavy atom. The number of benzene rings is 2. The van der Waals surface area contributed by atoms with Crippen molar-refractivity contribution < 1.29 is 23.5 Å². The van der Waals surface area contributed by atoms with Gasteiger partial charge in [-0.15, -0.1) is 0 Å². The molecule has 2 aromatic carbocycles. The lowest BCUT2D eigenvalue weighted by Crippen LogP contribution is -2.32. The summed E-state index contributed by atoms with van der Waals surface area (Å²) >= 11 is 5.63. The van der Waals surface area contributed by atoms with E-state index in [1.54, 1.807) is 12.1 Å². The summed E-state index contributed by atoms with van der Waals surface area (Å²) < 4.78 is 23.4. The zero-order chi connectivity index (χ0) is 17.1. The van der Waals surface area contributed by atoms with E-state index in [-0.39, 0.29) is 18.4 Å². The minimum Gasteiger partial charge on any atom is -0.454 e. The van der Waals surface area contributed by atoms with Crippen LogP contribution in [-0.2, 0) is 4.79 Å². The lowest BCUT2D eigenvalue weighted by molar-refractivity contribution is -0.115. The molecule has 0 unspecified atom stereocenters. The van der Waals surface area contributed by atoms with Crippen LogP contribution in [0.5, 0.6) is 11.5 Å². The van der Waals surface area contributed by atoms with Gasteiger partial charge >= 0.3 is 0 Å². The molecule has 0 aliphatic carbocycles. The summed E-state index contributed by atoms with van der Waals surface area (Å²) in [5.41, 5.74) is 0.681. The summed E-state index contributed by atoms with van der Waals surface area (Å²) in [4.78, 5) is 23.9. The molecule has 1 aliphatic heterocycles. The maximum absolute atomic E-state index is 13.1. The number of carbonyl (C=O) groups is 2. The number of carbonyl (C=O) groups excluding carboxylic acids is 2. The van der Waals surface area contributed by atoms with E-state index >= 15 is 0 Å². The molecule has 0 atom stereocenters. The third kappa shape index (κ3) is 3.57. The third-order valence-corrected chi connectivity index (χ3v) is 3.54. The highest BCUT2D eigenvalue weighted by atomic mass is 35.5. The van der Waals surface area contributed by atoms with Gasteiger partial charge in [0, 0.05) is 11.3 Å². The Morgan fingerprint density at radius 1 is 1.12 bits per heavy atom. The molecule has 1 aliphatic rings. The summed E-state index contributed by atoms with van der Waals surface area (Å²) in [6.07, 6.45) is 0. The van der Waals surface area contributed by atoms with Crippen molar-refractivity contribution in [2.24, 2.45) is 0 Å². The molecule has 124 valence electrons. The Labute approximate surface area is 141 Å². The summed E-state index contributed by atoms with van der Waals surface area (Å²) in [5.74, 6) is -0.427. The maximum Gasteiger partial charge on any atom is 0.251 e. The van der Waals surface area contributed by atoms with Crippen molar-refractivity contribution in [2.45, 2.75) is 0 Å². The predicted molar refractivity (Wildman–Crippen MR) is 84.9 cm³/mol. The molecule has 0 fully saturated rings. The van der Waals surface area contributed by atoms with E-state index in [4.69, 9.17) is 21.1 Å². The number of hydrogen-bond acceptors (Lipinski definition) is 4. The fourth-order valence-corrected chi connectivity index (χ4v) is 2.26. The Morgan fingerprint density at radius 2 is 1.92 bits per heavy atom. The van der Waals surface area contributed by atoms with E-state index in [0.717, 1.165) is 6.07 Å². The van der Waals surface area contributed by atoms with Crippen LogP contribution in [0.15, 0.2) is 36.4 Å². The first kappa shape index (κ1) is 16.1. The van der Waals surface area contributed by atoms with Gasteiger partial charge in [-0.05, 0) is 36.4 Å². The fraction of sp³-hybridized carbons (Fsp3) is 0.125. The Bertz CT molecular complexity index is 813. The quantitative estimate of drug-likeness (QED) is 0.888. The van der Waals surface area contributed by atoms with Crippen molar-refractivity contribution in [2.75, 3.05) is 18.7 Å². The van der Waals surface area contributed by atoms with Crippen LogP contribution in [0.25, 0.3) is 0 Å². The second-order valence-corrected chi connectivity index (χ2v) is 5.33. The molecule has 0 bridgehead atoms. The van der Waals surface area contributed by atoms with Crippen LogP contribution in [0, 0.1) is 5.82 Å². The van der Waals surface area contributed by atoms with E-state index in [9.17, 15) is 14.0 Å². The van der Waals surface area contributed by atoms with Crippen LogP contribution in [0.3, 0.4) is 0 Å². The molecule has 2 amide bonds. The van der Waals surface area contributed by atoms with E-state index in [1.807, 2.05) is 0 Å². The summed E-state index contributed by atoms with van der Waals surface area (Å²) in [6.45, 7) is -0.134. The minimum atomic E-state index is -0.578. The van der Waals surface area contributed by atoms with Crippen LogP contribution < -0.4 is 20.1 Å². The lowest BCUT2D eigenvalue weighted by atomic mass is 10.2. The molecule has 0 spiro atoms. The van der Waals surface area contributed by atoms with Gasteiger partial charge in [-0.3, -0.25) is 9.59 Å². The number of halogens is 2. The molecule has 0 aromatic heterocycles. The lowest BCUT2D eigenvalue weighted by Gasteiger charge is -2.08. The summed E-state index contributed by atoms with van der Waals surface area (Å²) in [6, 6.07) is 8.53. The van der Waals surface area contributed by atoms with Gasteiger partial charge in [0.05, 0.1) is 11.6 Å². The van der Waals surface area contributed by atoms with Gasteiger partial charge in [0.1, 0.15) is 5.82 Å². The highest BCUT2D eigenvalue weighted by Gasteiger charge is 2.16. The predicted octanol–water partition coefficient (Wildman–Crippen LogP) is 2.58. The Kier molecular flexibility index (Phi) is 4.52. The first-order valence-corrected chi connectivity index (χ1v) is 7.33. The van der Waals surface area contributed by atoms with Crippen molar-refractivity contribution in [1.29, 1.82) is 0 Å². The van der Waals surface area contributed by atoms with Crippen LogP contribution in [0.4, 0.5) is 10.1 Å². The number of anilines is 1. The highest BCUT2D eigenvalue weighted by Crippen LogP contribution is 2.32. The second-order valence-electron chi connectivity index (χ2n) is 4.93. The van der Waals surface area contributed by atoms with E-state index in [1.165, 1.54) is 18.2 Å². The van der Waals surface area contributed by atoms with E-state index in [0.29, 0.717) is 22.7 Å². The number of ether oxygens (including phenoxy) is 2. The van der Waals surface area contributed by atoms with Crippen LogP contribution >= 0.6 is 11.6 Å². The monoisotopic (exact) mass is 350 g/mol. The SMILES string of the molecule is O=C(CNC(=O)c1ccc2c(c1)OCO2)Nc1ccc(F)c(Cl)c1. The van der Waals surface area contributed by atoms with Crippen molar-refractivity contribution in [3.63, 3.8) is 0 Å². The maximum atomic E-state index is 13.1. The van der Waals surface area contributed by atoms with Gasteiger partial charge < -0.3 is 20.1 Å². The molecule has 2 aromatic rings. The molecular formula is C16H12ClFN2O4. The van der Waals surface area contributed by atoms with Gasteiger partial charge in [-0.1, -0.05) is 11.6 Å². The van der Waals surface area contributed by atoms with Gasteiger partial charge in [0.25, 0.3) is 5.91 Å². The normalized spacial score (nSPS) is 11.9. The molecule has 6 nitrogen and oxygen atoms in total. The molecule has 8 heteroatoms. The van der Waals surface area contributed by atoms with Gasteiger partial charge in [-0.2, -0.15) is 0 Å². The minimum absolute atomic E-state index is 0.0998. The van der Waals surface area contributed by atoms with Crippen molar-refractivity contribution >= 4 is 29.1 Å². The molecule has 3 rings (SSSR count). The van der Waals surface area contributed by atoms with E-state index < -0.39 is 17.6 Å². The molecule has 0 saturated carbocycles. The zero-order valence-electron chi connectivity index (χ0n) is 12.3. The summed E-state index contributed by atoms with van der Waals surface area (Å²) in [7, 11) is 0. The number of rotatable bonds is 4. The molecule has 1 heterocycles. The third-order valence-electron chi connectivity index (χ3n) is 3.25. The number of fused-ring (bicyclic) bond motifs is 1. The smallest absolute Gasteiger partial charge is 0.251 e. The van der Waals surface area contributed by atoms with Crippen molar-refractivity contribution in [1.82, 2.24) is 5.32 Å². The van der Waals surface area contributed by atoms with Gasteiger partial charge in [0.15, 0.2) is 11.5 Å². The second kappa shape index (κ2) is 6.76. The molecule has 24 heavy (non-hydrogen) atoms. The first-order valence-electron chi connectivity index (χ1n) is 6.95. The Hall–Kier alpha value is -2.80. The molecule has 0 radical (unpaired) electrons. The largest absolute Gasteiger partial charge is 0.454 e. The Balaban J connectivity index is 1.55. The van der Waals surface area contributed by atoms with E-state index in [2.05, 4.69) is 10.6 Å². The van der Waals surface area contributed by atoms with Crippen molar-refractivity contribution in [3.8, 4) is 11.5 Å². The molecular weight excluding hydrogens is 339 g/mol. The summed E-state index contributed by atoms with van der Waals surface area (Å²) in [5, 5.41) is 4.89. The van der Waals surface area contributed by atoms with Gasteiger partial charge in [-0.25, -0.2) is 4.39 Å². The molecule has 0 saturated heterocycles. The van der Waals surface area contributed by atoms with Crippen LogP contribution in [-0.4, -0.2) is 25.2 Å². The zero-order valence-corrected chi connectivity index (χ0v) is 13.0. The average molecular weight is 351 g/mol. The van der Waals surface area contributed by atoms with Crippen LogP contribution in [0.2, 0.25) is 5.02 Å². The van der Waals surface area contributed by atoms with Crippen LogP contribution in [0.1, 0.15) is 10.4 Å². The number of amides is 2. The topological polar surface area (TPSA) is 76.7 Å². The molecule has 2 N–H and O–H groups in total.